The van der Waals surface area contributed by atoms with Crippen LogP contribution in [0.15, 0.2) is 36.4 Å². The van der Waals surface area contributed by atoms with Crippen molar-refractivity contribution in [3.8, 4) is 17.0 Å². The zero-order chi connectivity index (χ0) is 26.1. The molecule has 0 saturated heterocycles. The number of hydrogen-bond acceptors (Lipinski definition) is 4. The molecule has 35 heavy (non-hydrogen) atoms. The van der Waals surface area contributed by atoms with Gasteiger partial charge in [-0.25, -0.2) is 0 Å². The van der Waals surface area contributed by atoms with Crippen molar-refractivity contribution in [3.05, 3.63) is 47.5 Å². The van der Waals surface area contributed by atoms with Gasteiger partial charge in [-0.2, -0.15) is 18.3 Å². The highest BCUT2D eigenvalue weighted by Crippen LogP contribution is 2.43. The fourth-order valence-corrected chi connectivity index (χ4v) is 12.8. The molecule has 0 amide bonds. The average molecular weight is 505 g/mol. The second-order valence-corrected chi connectivity index (χ2v) is 16.0. The Bertz CT molecular complexity index is 1170. The SMILES string of the molecule is COCOc1cc(C(F)(F)F)cc(C)c1-c1cc2cccc([Si](C(C)C)(C(C)C)C(C)C)c2nn1. The summed E-state index contributed by atoms with van der Waals surface area (Å²) in [5, 5.41) is 11.4. The number of alkyl halides is 3. The van der Waals surface area contributed by atoms with Gasteiger partial charge in [-0.05, 0) is 52.5 Å². The first kappa shape index (κ1) is 27.1. The number of hydrogen-bond donors (Lipinski definition) is 0. The van der Waals surface area contributed by atoms with E-state index in [4.69, 9.17) is 9.47 Å². The molecule has 190 valence electrons. The maximum absolute atomic E-state index is 13.5. The Balaban J connectivity index is 2.26. The summed E-state index contributed by atoms with van der Waals surface area (Å²) in [5.74, 6) is 0.0687. The minimum atomic E-state index is -4.49. The smallest absolute Gasteiger partial charge is 0.416 e. The number of aryl methyl sites for hydroxylation is 1. The molecule has 0 atom stereocenters. The molecule has 0 fully saturated rings. The average Bonchev–Trinajstić information content (AvgIpc) is 2.76. The third kappa shape index (κ3) is 4.96. The largest absolute Gasteiger partial charge is 0.467 e. The first-order chi connectivity index (χ1) is 16.3. The molecule has 1 aromatic heterocycles. The fourth-order valence-electron chi connectivity index (χ4n) is 5.96. The molecular weight excluding hydrogens is 469 g/mol. The highest BCUT2D eigenvalue weighted by Gasteiger charge is 2.45. The molecule has 1 heterocycles. The number of aromatic nitrogens is 2. The molecular formula is C27H35F3N2O2Si. The van der Waals surface area contributed by atoms with Gasteiger partial charge in [0.05, 0.1) is 24.8 Å². The lowest BCUT2D eigenvalue weighted by atomic mass is 9.99. The molecule has 0 saturated carbocycles. The van der Waals surface area contributed by atoms with Gasteiger partial charge in [-0.15, -0.1) is 5.10 Å². The molecule has 0 aliphatic heterocycles. The van der Waals surface area contributed by atoms with Crippen LogP contribution in [0.5, 0.6) is 5.75 Å². The Morgan fingerprint density at radius 2 is 1.54 bits per heavy atom. The van der Waals surface area contributed by atoms with E-state index >= 15 is 0 Å². The topological polar surface area (TPSA) is 44.2 Å². The van der Waals surface area contributed by atoms with Crippen LogP contribution in [-0.2, 0) is 10.9 Å². The zero-order valence-electron chi connectivity index (χ0n) is 21.7. The van der Waals surface area contributed by atoms with E-state index in [-0.39, 0.29) is 12.5 Å². The van der Waals surface area contributed by atoms with Gasteiger partial charge in [0, 0.05) is 18.1 Å². The lowest BCUT2D eigenvalue weighted by molar-refractivity contribution is -0.137. The van der Waals surface area contributed by atoms with Gasteiger partial charge < -0.3 is 9.47 Å². The number of methoxy groups -OCH3 is 1. The first-order valence-electron chi connectivity index (χ1n) is 12.0. The van der Waals surface area contributed by atoms with Crippen LogP contribution in [0, 0.1) is 6.92 Å². The van der Waals surface area contributed by atoms with Crippen LogP contribution in [0.25, 0.3) is 22.2 Å². The maximum atomic E-state index is 13.5. The number of benzene rings is 2. The minimum absolute atomic E-state index is 0.0687. The van der Waals surface area contributed by atoms with E-state index in [0.717, 1.165) is 23.0 Å². The Morgan fingerprint density at radius 3 is 2.09 bits per heavy atom. The third-order valence-corrected chi connectivity index (χ3v) is 14.2. The Morgan fingerprint density at radius 1 is 0.914 bits per heavy atom. The standard InChI is InChI=1S/C27H35F3N2O2Si/c1-16(2)35(17(3)4,18(5)6)24-11-9-10-20-13-22(31-32-26(20)24)25-19(7)12-21(27(28,29)30)14-23(25)34-15-33-8/h9-14,16-18H,15H2,1-8H3. The highest BCUT2D eigenvalue weighted by atomic mass is 28.3. The van der Waals surface area contributed by atoms with E-state index in [0.29, 0.717) is 33.4 Å². The Labute approximate surface area is 206 Å². The van der Waals surface area contributed by atoms with Crippen molar-refractivity contribution in [2.45, 2.75) is 71.3 Å². The molecule has 3 aromatic rings. The first-order valence-corrected chi connectivity index (χ1v) is 14.2. The van der Waals surface area contributed by atoms with Gasteiger partial charge in [0.15, 0.2) is 6.79 Å². The van der Waals surface area contributed by atoms with Crippen LogP contribution in [0.2, 0.25) is 16.6 Å². The molecule has 0 spiro atoms. The van der Waals surface area contributed by atoms with Gasteiger partial charge in [0.2, 0.25) is 0 Å². The van der Waals surface area contributed by atoms with Gasteiger partial charge in [-0.3, -0.25) is 0 Å². The molecule has 0 aliphatic carbocycles. The monoisotopic (exact) mass is 504 g/mol. The van der Waals surface area contributed by atoms with E-state index in [9.17, 15) is 13.2 Å². The van der Waals surface area contributed by atoms with Crippen molar-refractivity contribution in [2.24, 2.45) is 0 Å². The van der Waals surface area contributed by atoms with Crippen molar-refractivity contribution >= 4 is 24.2 Å². The summed E-state index contributed by atoms with van der Waals surface area (Å²) in [6, 6.07) is 10.3. The highest BCUT2D eigenvalue weighted by molar-refractivity contribution is 6.96. The predicted octanol–water partition coefficient (Wildman–Crippen LogP) is 7.49. The summed E-state index contributed by atoms with van der Waals surface area (Å²) < 4.78 is 50.9. The van der Waals surface area contributed by atoms with Crippen LogP contribution in [0.1, 0.15) is 52.7 Å². The minimum Gasteiger partial charge on any atom is -0.467 e. The summed E-state index contributed by atoms with van der Waals surface area (Å²) in [5.41, 5.74) is 2.96. The van der Waals surface area contributed by atoms with Gasteiger partial charge in [0.1, 0.15) is 5.75 Å². The number of nitrogens with zero attached hydrogens (tertiary/aromatic N) is 2. The molecule has 8 heteroatoms. The summed E-state index contributed by atoms with van der Waals surface area (Å²) in [6.07, 6.45) is -4.49. The van der Waals surface area contributed by atoms with Gasteiger partial charge >= 0.3 is 6.18 Å². The Kier molecular flexibility index (Phi) is 7.96. The summed E-state index contributed by atoms with van der Waals surface area (Å²) in [7, 11) is -0.579. The Hall–Kier alpha value is -2.45. The number of rotatable bonds is 8. The maximum Gasteiger partial charge on any atom is 0.416 e. The number of fused-ring (bicyclic) bond motifs is 1. The van der Waals surface area contributed by atoms with E-state index in [1.54, 1.807) is 6.92 Å². The second kappa shape index (κ2) is 10.3. The van der Waals surface area contributed by atoms with Crippen LogP contribution >= 0.6 is 0 Å². The van der Waals surface area contributed by atoms with Crippen LogP contribution in [0.4, 0.5) is 13.2 Å². The summed E-state index contributed by atoms with van der Waals surface area (Å²) in [6.45, 7) is 15.3. The van der Waals surface area contributed by atoms with Crippen molar-refractivity contribution in [1.29, 1.82) is 0 Å². The van der Waals surface area contributed by atoms with E-state index in [2.05, 4.69) is 63.9 Å². The van der Waals surface area contributed by atoms with Crippen molar-refractivity contribution in [2.75, 3.05) is 13.9 Å². The summed E-state index contributed by atoms with van der Waals surface area (Å²) >= 11 is 0. The van der Waals surface area contributed by atoms with Crippen LogP contribution < -0.4 is 9.92 Å². The molecule has 0 aliphatic rings. The third-order valence-electron chi connectivity index (χ3n) is 7.16. The molecule has 0 unspecified atom stereocenters. The van der Waals surface area contributed by atoms with Gasteiger partial charge in [-0.1, -0.05) is 59.7 Å². The zero-order valence-corrected chi connectivity index (χ0v) is 22.7. The molecule has 3 rings (SSSR count). The van der Waals surface area contributed by atoms with Crippen LogP contribution in [-0.4, -0.2) is 32.2 Å². The number of halogens is 3. The quantitative estimate of drug-likeness (QED) is 0.235. The van der Waals surface area contributed by atoms with Crippen molar-refractivity contribution in [3.63, 3.8) is 0 Å². The molecule has 4 nitrogen and oxygen atoms in total. The van der Waals surface area contributed by atoms with E-state index < -0.39 is 19.8 Å². The lowest BCUT2D eigenvalue weighted by Crippen LogP contribution is -2.56. The van der Waals surface area contributed by atoms with Crippen molar-refractivity contribution in [1.82, 2.24) is 10.2 Å². The summed E-state index contributed by atoms with van der Waals surface area (Å²) in [4.78, 5) is 0. The molecule has 0 bridgehead atoms. The van der Waals surface area contributed by atoms with E-state index in [1.807, 2.05) is 12.1 Å². The normalized spacial score (nSPS) is 12.9. The predicted molar refractivity (Wildman–Crippen MR) is 138 cm³/mol. The molecule has 2 aromatic carbocycles. The lowest BCUT2D eigenvalue weighted by Gasteiger charge is -2.43. The fraction of sp³-hybridized carbons (Fsp3) is 0.481. The second-order valence-electron chi connectivity index (χ2n) is 10.1. The van der Waals surface area contributed by atoms with Crippen molar-refractivity contribution < 1.29 is 22.6 Å². The van der Waals surface area contributed by atoms with E-state index in [1.165, 1.54) is 12.3 Å². The van der Waals surface area contributed by atoms with Gasteiger partial charge in [0.25, 0.3) is 0 Å². The molecule has 0 N–H and O–H groups in total. The number of ether oxygens (including phenoxy) is 2. The van der Waals surface area contributed by atoms with Crippen LogP contribution in [0.3, 0.4) is 0 Å². The molecule has 0 radical (unpaired) electrons.